The van der Waals surface area contributed by atoms with Gasteiger partial charge in [-0.15, -0.1) is 0 Å². The molecule has 50 heavy (non-hydrogen) atoms. The average molecular weight is 638 g/mol. The quantitative estimate of drug-likeness (QED) is 0.174. The zero-order chi connectivity index (χ0) is 33.4. The van der Waals surface area contributed by atoms with Crippen molar-refractivity contribution in [1.29, 1.82) is 0 Å². The van der Waals surface area contributed by atoms with Crippen molar-refractivity contribution >= 4 is 60.2 Å². The third-order valence-corrected chi connectivity index (χ3v) is 11.0. The lowest BCUT2D eigenvalue weighted by molar-refractivity contribution is 0.660. The minimum Gasteiger partial charge on any atom is -0.310 e. The highest BCUT2D eigenvalue weighted by Gasteiger charge is 2.35. The highest BCUT2D eigenvalue weighted by Crippen LogP contribution is 2.51. The third-order valence-electron chi connectivity index (χ3n) is 11.0. The van der Waals surface area contributed by atoms with Gasteiger partial charge in [-0.1, -0.05) is 159 Å². The summed E-state index contributed by atoms with van der Waals surface area (Å²) in [4.78, 5) is 2.48. The first-order chi connectivity index (χ1) is 24.6. The molecule has 9 aromatic rings. The van der Waals surface area contributed by atoms with Crippen LogP contribution in [0.4, 0.5) is 17.1 Å². The molecule has 0 aliphatic heterocycles. The standard InChI is InChI=1S/C49H35N/c1-49(2)46-21-10-9-18-42(46)45-30-36(27-29-47(45)49)50(35-25-22-34(23-26-35)38-20-11-14-32-12-3-5-15-37(32)38)48-31-44-39-16-6-4-13-33(39)24-28-41(44)40-17-7-8-19-43(40)48/h3-31H,1-2H3. The highest BCUT2D eigenvalue weighted by atomic mass is 15.1. The van der Waals surface area contributed by atoms with Crippen LogP contribution in [0.5, 0.6) is 0 Å². The molecule has 0 N–H and O–H groups in total. The Bertz CT molecular complexity index is 2780. The van der Waals surface area contributed by atoms with E-state index in [1.807, 2.05) is 0 Å². The number of fused-ring (bicyclic) bond motifs is 9. The Kier molecular flexibility index (Phi) is 6.29. The van der Waals surface area contributed by atoms with E-state index in [9.17, 15) is 0 Å². The van der Waals surface area contributed by atoms with Crippen LogP contribution in [0.3, 0.4) is 0 Å². The molecule has 0 bridgehead atoms. The zero-order valence-corrected chi connectivity index (χ0v) is 28.2. The first-order valence-electron chi connectivity index (χ1n) is 17.5. The van der Waals surface area contributed by atoms with Crippen LogP contribution in [0.25, 0.3) is 65.3 Å². The van der Waals surface area contributed by atoms with Gasteiger partial charge in [0.2, 0.25) is 0 Å². The summed E-state index contributed by atoms with van der Waals surface area (Å²) in [6.45, 7) is 4.70. The fourth-order valence-corrected chi connectivity index (χ4v) is 8.57. The van der Waals surface area contributed by atoms with Crippen LogP contribution in [0.15, 0.2) is 176 Å². The van der Waals surface area contributed by atoms with Crippen molar-refractivity contribution in [2.24, 2.45) is 0 Å². The van der Waals surface area contributed by atoms with E-state index in [-0.39, 0.29) is 5.41 Å². The number of nitrogens with zero attached hydrogens (tertiary/aromatic N) is 1. The number of rotatable bonds is 4. The van der Waals surface area contributed by atoms with Crippen LogP contribution >= 0.6 is 0 Å². The van der Waals surface area contributed by atoms with Crippen LogP contribution in [-0.4, -0.2) is 0 Å². The summed E-state index contributed by atoms with van der Waals surface area (Å²) in [7, 11) is 0. The van der Waals surface area contributed by atoms with E-state index >= 15 is 0 Å². The van der Waals surface area contributed by atoms with E-state index < -0.39 is 0 Å². The molecule has 0 saturated carbocycles. The average Bonchev–Trinajstić information content (AvgIpc) is 3.40. The summed E-state index contributed by atoms with van der Waals surface area (Å²) in [5.41, 5.74) is 11.3. The molecule has 0 radical (unpaired) electrons. The topological polar surface area (TPSA) is 3.24 Å². The van der Waals surface area contributed by atoms with Crippen molar-refractivity contribution in [1.82, 2.24) is 0 Å². The maximum absolute atomic E-state index is 2.48. The van der Waals surface area contributed by atoms with E-state index in [0.29, 0.717) is 0 Å². The summed E-state index contributed by atoms with van der Waals surface area (Å²) in [5, 5.41) is 10.1. The Morgan fingerprint density at radius 3 is 1.76 bits per heavy atom. The molecule has 1 aliphatic carbocycles. The van der Waals surface area contributed by atoms with Crippen molar-refractivity contribution in [3.63, 3.8) is 0 Å². The summed E-state index contributed by atoms with van der Waals surface area (Å²) in [6, 6.07) is 65.0. The maximum atomic E-state index is 2.48. The Balaban J connectivity index is 1.24. The van der Waals surface area contributed by atoms with Crippen LogP contribution in [0.2, 0.25) is 0 Å². The molecule has 0 aromatic heterocycles. The third kappa shape index (κ3) is 4.27. The van der Waals surface area contributed by atoms with Gasteiger partial charge in [-0.2, -0.15) is 0 Å². The van der Waals surface area contributed by atoms with Crippen molar-refractivity contribution in [2.75, 3.05) is 4.90 Å². The summed E-state index contributed by atoms with van der Waals surface area (Å²) >= 11 is 0. The molecule has 0 heterocycles. The predicted molar refractivity (Wildman–Crippen MR) is 214 cm³/mol. The van der Waals surface area contributed by atoms with Crippen LogP contribution in [0.1, 0.15) is 25.0 Å². The van der Waals surface area contributed by atoms with Gasteiger partial charge >= 0.3 is 0 Å². The van der Waals surface area contributed by atoms with Gasteiger partial charge in [0.05, 0.1) is 5.69 Å². The van der Waals surface area contributed by atoms with Gasteiger partial charge in [0.1, 0.15) is 0 Å². The molecule has 9 aromatic carbocycles. The zero-order valence-electron chi connectivity index (χ0n) is 28.2. The molecule has 0 amide bonds. The molecule has 10 rings (SSSR count). The van der Waals surface area contributed by atoms with Crippen molar-refractivity contribution in [3.8, 4) is 22.3 Å². The number of anilines is 3. The first kappa shape index (κ1) is 28.8. The van der Waals surface area contributed by atoms with Crippen molar-refractivity contribution in [2.45, 2.75) is 19.3 Å². The van der Waals surface area contributed by atoms with Crippen molar-refractivity contribution < 1.29 is 0 Å². The molecule has 0 saturated heterocycles. The lowest BCUT2D eigenvalue weighted by atomic mass is 9.82. The maximum Gasteiger partial charge on any atom is 0.0546 e. The number of benzene rings is 9. The number of hydrogen-bond acceptors (Lipinski definition) is 1. The molecule has 1 aliphatic rings. The summed E-state index contributed by atoms with van der Waals surface area (Å²) in [6.07, 6.45) is 0. The predicted octanol–water partition coefficient (Wildman–Crippen LogP) is 13.7. The highest BCUT2D eigenvalue weighted by molar-refractivity contribution is 6.21. The van der Waals surface area contributed by atoms with Gasteiger partial charge in [0, 0.05) is 22.2 Å². The van der Waals surface area contributed by atoms with E-state index in [2.05, 4.69) is 195 Å². The fourth-order valence-electron chi connectivity index (χ4n) is 8.57. The summed E-state index contributed by atoms with van der Waals surface area (Å²) in [5.74, 6) is 0. The Hall–Kier alpha value is -6.18. The van der Waals surface area contributed by atoms with Crippen LogP contribution < -0.4 is 4.90 Å². The smallest absolute Gasteiger partial charge is 0.0546 e. The molecule has 1 heteroatoms. The lowest BCUT2D eigenvalue weighted by Crippen LogP contribution is -2.15. The molecular formula is C49H35N. The molecule has 0 fully saturated rings. The van der Waals surface area contributed by atoms with E-state index in [1.165, 1.54) is 82.2 Å². The fraction of sp³-hybridized carbons (Fsp3) is 0.0612. The van der Waals surface area contributed by atoms with E-state index in [1.54, 1.807) is 0 Å². The largest absolute Gasteiger partial charge is 0.310 e. The normalized spacial score (nSPS) is 13.2. The molecular weight excluding hydrogens is 603 g/mol. The van der Waals surface area contributed by atoms with E-state index in [4.69, 9.17) is 0 Å². The van der Waals surface area contributed by atoms with Gasteiger partial charge in [-0.3, -0.25) is 0 Å². The monoisotopic (exact) mass is 637 g/mol. The SMILES string of the molecule is CC1(C)c2ccccc2-c2cc(N(c3ccc(-c4cccc5ccccc45)cc3)c3cc4c5ccccc5ccc4c4ccccc34)ccc21. The van der Waals surface area contributed by atoms with Gasteiger partial charge in [0.15, 0.2) is 0 Å². The minimum atomic E-state index is -0.0516. The van der Waals surface area contributed by atoms with E-state index in [0.717, 1.165) is 11.4 Å². The lowest BCUT2D eigenvalue weighted by Gasteiger charge is -2.29. The molecule has 236 valence electrons. The van der Waals surface area contributed by atoms with Crippen LogP contribution in [-0.2, 0) is 5.41 Å². The number of hydrogen-bond donors (Lipinski definition) is 0. The summed E-state index contributed by atoms with van der Waals surface area (Å²) < 4.78 is 0. The van der Waals surface area contributed by atoms with Crippen molar-refractivity contribution in [3.05, 3.63) is 187 Å². The van der Waals surface area contributed by atoms with Gasteiger partial charge < -0.3 is 4.90 Å². The second-order valence-corrected chi connectivity index (χ2v) is 14.1. The van der Waals surface area contributed by atoms with Gasteiger partial charge in [0.25, 0.3) is 0 Å². The second kappa shape index (κ2) is 10.9. The second-order valence-electron chi connectivity index (χ2n) is 14.1. The molecule has 0 atom stereocenters. The molecule has 0 spiro atoms. The van der Waals surface area contributed by atoms with Gasteiger partial charge in [-0.05, 0) is 101 Å². The molecule has 1 nitrogen and oxygen atoms in total. The van der Waals surface area contributed by atoms with Gasteiger partial charge in [-0.25, -0.2) is 0 Å². The molecule has 0 unspecified atom stereocenters. The minimum absolute atomic E-state index is 0.0516. The Morgan fingerprint density at radius 1 is 0.360 bits per heavy atom. The first-order valence-corrected chi connectivity index (χ1v) is 17.5. The Labute approximate surface area is 292 Å². The Morgan fingerprint density at radius 2 is 0.940 bits per heavy atom. The van der Waals surface area contributed by atoms with Crippen LogP contribution in [0, 0.1) is 0 Å².